The number of rotatable bonds is 6. The lowest BCUT2D eigenvalue weighted by molar-refractivity contribution is -0.117. The Morgan fingerprint density at radius 1 is 1.52 bits per heavy atom. The molecule has 110 valence electrons. The van der Waals surface area contributed by atoms with Crippen molar-refractivity contribution in [3.8, 4) is 0 Å². The van der Waals surface area contributed by atoms with Crippen molar-refractivity contribution in [3.63, 3.8) is 0 Å². The first-order valence-corrected chi connectivity index (χ1v) is 7.16. The maximum atomic E-state index is 11.8. The molecule has 6 nitrogen and oxygen atoms in total. The van der Waals surface area contributed by atoms with E-state index in [0.717, 1.165) is 4.88 Å². The van der Waals surface area contributed by atoms with E-state index in [1.165, 1.54) is 6.08 Å². The van der Waals surface area contributed by atoms with Gasteiger partial charge in [-0.2, -0.15) is 0 Å². The van der Waals surface area contributed by atoms with Crippen LogP contribution in [0.1, 0.15) is 16.5 Å². The molecular weight excluding hydrogens is 288 g/mol. The molecule has 0 bridgehead atoms. The molecule has 1 unspecified atom stereocenters. The summed E-state index contributed by atoms with van der Waals surface area (Å²) < 4.78 is 5.36. The fraction of sp³-hybridized carbons (Fsp3) is 0.214. The van der Waals surface area contributed by atoms with Crippen molar-refractivity contribution in [1.82, 2.24) is 15.3 Å². The van der Waals surface area contributed by atoms with Crippen molar-refractivity contribution < 1.29 is 9.53 Å². The minimum Gasteiger partial charge on any atom is -0.374 e. The molecule has 0 aliphatic heterocycles. The molecule has 0 aromatic carbocycles. The molecule has 7 heteroatoms. The molecule has 0 radical (unpaired) electrons. The van der Waals surface area contributed by atoms with Gasteiger partial charge >= 0.3 is 0 Å². The Bertz CT molecular complexity index is 596. The van der Waals surface area contributed by atoms with E-state index in [9.17, 15) is 4.79 Å². The first-order valence-electron chi connectivity index (χ1n) is 6.28. The van der Waals surface area contributed by atoms with Crippen LogP contribution in [0.2, 0.25) is 0 Å². The third kappa shape index (κ3) is 4.66. The van der Waals surface area contributed by atoms with E-state index in [-0.39, 0.29) is 18.0 Å². The second-order valence-corrected chi connectivity index (χ2v) is 5.17. The monoisotopic (exact) mass is 304 g/mol. The average Bonchev–Trinajstić information content (AvgIpc) is 3.01. The van der Waals surface area contributed by atoms with Crippen molar-refractivity contribution >= 4 is 29.3 Å². The topological polar surface area (TPSA) is 90.1 Å². The molecule has 1 atom stereocenters. The summed E-state index contributed by atoms with van der Waals surface area (Å²) in [6.45, 7) is 0.415. The highest BCUT2D eigenvalue weighted by molar-refractivity contribution is 7.10. The van der Waals surface area contributed by atoms with Crippen LogP contribution in [0.15, 0.2) is 36.0 Å². The summed E-state index contributed by atoms with van der Waals surface area (Å²) in [5.74, 6) is 0.000849. The van der Waals surface area contributed by atoms with Gasteiger partial charge in [0.25, 0.3) is 0 Å². The number of carbonyl (C=O) groups is 1. The number of hydrogen-bond donors (Lipinski definition) is 2. The third-order valence-electron chi connectivity index (χ3n) is 2.73. The van der Waals surface area contributed by atoms with Crippen molar-refractivity contribution in [3.05, 3.63) is 46.4 Å². The van der Waals surface area contributed by atoms with Gasteiger partial charge in [-0.15, -0.1) is 11.3 Å². The van der Waals surface area contributed by atoms with Crippen LogP contribution in [-0.2, 0) is 9.53 Å². The fourth-order valence-electron chi connectivity index (χ4n) is 1.63. The van der Waals surface area contributed by atoms with Crippen LogP contribution >= 0.6 is 11.3 Å². The Hall–Kier alpha value is -2.25. The standard InChI is InChI=1S/C14H16N4O2S/c1-20-11(12-3-2-6-21-12)9-16-13(19)5-4-10-7-17-14(15)18-8-10/h2-8,11H,9H2,1H3,(H,16,19)(H2,15,17,18). The number of thiophene rings is 1. The molecule has 2 heterocycles. The number of carbonyl (C=O) groups excluding carboxylic acids is 1. The second kappa shape index (κ2) is 7.51. The Kier molecular flexibility index (Phi) is 5.42. The van der Waals surface area contributed by atoms with Gasteiger partial charge in [-0.1, -0.05) is 6.07 Å². The van der Waals surface area contributed by atoms with Crippen LogP contribution in [0.4, 0.5) is 5.95 Å². The molecule has 21 heavy (non-hydrogen) atoms. The van der Waals surface area contributed by atoms with Crippen LogP contribution < -0.4 is 11.1 Å². The zero-order valence-corrected chi connectivity index (χ0v) is 12.3. The molecule has 1 amide bonds. The number of nitrogen functional groups attached to an aromatic ring is 1. The van der Waals surface area contributed by atoms with E-state index >= 15 is 0 Å². The number of amides is 1. The molecule has 0 aliphatic carbocycles. The summed E-state index contributed by atoms with van der Waals surface area (Å²) >= 11 is 1.60. The van der Waals surface area contributed by atoms with Gasteiger partial charge in [0.15, 0.2) is 0 Å². The smallest absolute Gasteiger partial charge is 0.244 e. The lowest BCUT2D eigenvalue weighted by Crippen LogP contribution is -2.27. The van der Waals surface area contributed by atoms with Crippen LogP contribution in [0.25, 0.3) is 6.08 Å². The van der Waals surface area contributed by atoms with E-state index < -0.39 is 0 Å². The number of nitrogens with one attached hydrogen (secondary N) is 1. The molecule has 0 spiro atoms. The van der Waals surface area contributed by atoms with Crippen molar-refractivity contribution in [1.29, 1.82) is 0 Å². The zero-order valence-electron chi connectivity index (χ0n) is 11.5. The molecule has 0 aliphatic rings. The molecule has 0 saturated heterocycles. The highest BCUT2D eigenvalue weighted by atomic mass is 32.1. The van der Waals surface area contributed by atoms with Crippen molar-refractivity contribution in [2.45, 2.75) is 6.10 Å². The largest absolute Gasteiger partial charge is 0.374 e. The lowest BCUT2D eigenvalue weighted by atomic mass is 10.2. The van der Waals surface area contributed by atoms with Gasteiger partial charge in [0, 0.05) is 42.6 Å². The van der Waals surface area contributed by atoms with Gasteiger partial charge in [0.1, 0.15) is 6.10 Å². The minimum absolute atomic E-state index is 0.137. The molecule has 0 saturated carbocycles. The zero-order chi connectivity index (χ0) is 15.1. The van der Waals surface area contributed by atoms with E-state index in [2.05, 4.69) is 15.3 Å². The van der Waals surface area contributed by atoms with Crippen LogP contribution in [0.3, 0.4) is 0 Å². The Labute approximate surface area is 126 Å². The summed E-state index contributed by atoms with van der Waals surface area (Å²) in [6.07, 6.45) is 6.02. The summed E-state index contributed by atoms with van der Waals surface area (Å²) in [6, 6.07) is 3.93. The van der Waals surface area contributed by atoms with E-state index in [1.807, 2.05) is 17.5 Å². The van der Waals surface area contributed by atoms with Crippen molar-refractivity contribution in [2.75, 3.05) is 19.4 Å². The number of aromatic nitrogens is 2. The first kappa shape index (κ1) is 15.1. The van der Waals surface area contributed by atoms with Gasteiger partial charge in [0.2, 0.25) is 11.9 Å². The quantitative estimate of drug-likeness (QED) is 0.792. The Morgan fingerprint density at radius 2 is 2.29 bits per heavy atom. The highest BCUT2D eigenvalue weighted by Gasteiger charge is 2.11. The lowest BCUT2D eigenvalue weighted by Gasteiger charge is -2.13. The third-order valence-corrected chi connectivity index (χ3v) is 3.69. The summed E-state index contributed by atoms with van der Waals surface area (Å²) in [4.78, 5) is 20.5. The minimum atomic E-state index is -0.203. The highest BCUT2D eigenvalue weighted by Crippen LogP contribution is 2.20. The normalized spacial score (nSPS) is 12.4. The van der Waals surface area contributed by atoms with Gasteiger partial charge in [0.05, 0.1) is 0 Å². The number of methoxy groups -OCH3 is 1. The summed E-state index contributed by atoms with van der Waals surface area (Å²) in [5.41, 5.74) is 6.10. The predicted octanol–water partition coefficient (Wildman–Crippen LogP) is 1.64. The van der Waals surface area contributed by atoms with E-state index in [4.69, 9.17) is 10.5 Å². The number of anilines is 1. The molecule has 2 rings (SSSR count). The van der Waals surface area contributed by atoms with Crippen LogP contribution in [0.5, 0.6) is 0 Å². The fourth-order valence-corrected chi connectivity index (χ4v) is 2.44. The molecular formula is C14H16N4O2S. The SMILES string of the molecule is COC(CNC(=O)C=Cc1cnc(N)nc1)c1cccs1. The van der Waals surface area contributed by atoms with Gasteiger partial charge in [-0.25, -0.2) is 9.97 Å². The van der Waals surface area contributed by atoms with Crippen molar-refractivity contribution in [2.24, 2.45) is 0 Å². The number of nitrogens with zero attached hydrogens (tertiary/aromatic N) is 2. The average molecular weight is 304 g/mol. The first-order chi connectivity index (χ1) is 10.2. The molecule has 0 fully saturated rings. The molecule has 2 aromatic rings. The number of hydrogen-bond acceptors (Lipinski definition) is 6. The van der Waals surface area contributed by atoms with Gasteiger partial charge in [-0.3, -0.25) is 4.79 Å². The maximum absolute atomic E-state index is 11.8. The molecule has 3 N–H and O–H groups in total. The maximum Gasteiger partial charge on any atom is 0.244 e. The van der Waals surface area contributed by atoms with Gasteiger partial charge < -0.3 is 15.8 Å². The number of ether oxygens (including phenoxy) is 1. The van der Waals surface area contributed by atoms with Crippen LogP contribution in [-0.4, -0.2) is 29.5 Å². The van der Waals surface area contributed by atoms with E-state index in [1.54, 1.807) is 36.9 Å². The molecule has 2 aromatic heterocycles. The Balaban J connectivity index is 1.85. The number of nitrogens with two attached hydrogens (primary N) is 1. The Morgan fingerprint density at radius 3 is 2.90 bits per heavy atom. The van der Waals surface area contributed by atoms with Gasteiger partial charge in [-0.05, 0) is 17.5 Å². The van der Waals surface area contributed by atoms with Crippen LogP contribution in [0, 0.1) is 0 Å². The summed E-state index contributed by atoms with van der Waals surface area (Å²) in [5, 5.41) is 4.77. The predicted molar refractivity (Wildman–Crippen MR) is 82.6 cm³/mol. The van der Waals surface area contributed by atoms with E-state index in [0.29, 0.717) is 12.1 Å². The summed E-state index contributed by atoms with van der Waals surface area (Å²) in [7, 11) is 1.62. The second-order valence-electron chi connectivity index (χ2n) is 4.19.